The molecule has 0 saturated carbocycles. The minimum absolute atomic E-state index is 0.145. The first kappa shape index (κ1) is 17.6. The summed E-state index contributed by atoms with van der Waals surface area (Å²) in [6.07, 6.45) is 0. The summed E-state index contributed by atoms with van der Waals surface area (Å²) in [4.78, 5) is 20.5. The third kappa shape index (κ3) is 4.03. The standard InChI is InChI=1S/C10H8Cl2FNO6S/c11-5-1-2-6(9(12)10(5)13)21(19,20)14(3-7(15)16)4-8(17)18/h1-2H,3-4H2,(H,15,16)(H,17,18). The number of nitrogens with zero attached hydrogens (tertiary/aromatic N) is 1. The largest absolute Gasteiger partial charge is 0.480 e. The van der Waals surface area contributed by atoms with E-state index in [1.165, 1.54) is 0 Å². The average molecular weight is 360 g/mol. The van der Waals surface area contributed by atoms with E-state index in [-0.39, 0.29) is 4.31 Å². The second kappa shape index (κ2) is 6.56. The zero-order valence-corrected chi connectivity index (χ0v) is 12.4. The Hall–Kier alpha value is -1.42. The Morgan fingerprint density at radius 3 is 2.05 bits per heavy atom. The summed E-state index contributed by atoms with van der Waals surface area (Å²) in [5.74, 6) is -4.36. The number of carboxylic acids is 2. The molecule has 11 heteroatoms. The van der Waals surface area contributed by atoms with E-state index in [4.69, 9.17) is 33.4 Å². The number of hydrogen-bond donors (Lipinski definition) is 2. The summed E-state index contributed by atoms with van der Waals surface area (Å²) in [6.45, 7) is -2.23. The molecule has 1 aromatic carbocycles. The van der Waals surface area contributed by atoms with E-state index >= 15 is 0 Å². The van der Waals surface area contributed by atoms with Gasteiger partial charge in [-0.3, -0.25) is 9.59 Å². The monoisotopic (exact) mass is 359 g/mol. The van der Waals surface area contributed by atoms with Gasteiger partial charge in [-0.15, -0.1) is 0 Å². The number of aliphatic carboxylic acids is 2. The number of carboxylic acid groups (broad SMARTS) is 2. The van der Waals surface area contributed by atoms with Gasteiger partial charge in [0.05, 0.1) is 10.0 Å². The van der Waals surface area contributed by atoms with Crippen LogP contribution in [0.5, 0.6) is 0 Å². The summed E-state index contributed by atoms with van der Waals surface area (Å²) in [5.41, 5.74) is 0. The van der Waals surface area contributed by atoms with Crippen LogP contribution in [0.25, 0.3) is 0 Å². The van der Waals surface area contributed by atoms with Crippen LogP contribution in [0, 0.1) is 5.82 Å². The van der Waals surface area contributed by atoms with Crippen LogP contribution in [0.3, 0.4) is 0 Å². The highest BCUT2D eigenvalue weighted by molar-refractivity contribution is 7.89. The van der Waals surface area contributed by atoms with Crippen LogP contribution >= 0.6 is 23.2 Å². The Morgan fingerprint density at radius 2 is 1.62 bits per heavy atom. The van der Waals surface area contributed by atoms with Crippen LogP contribution in [0.4, 0.5) is 4.39 Å². The predicted octanol–water partition coefficient (Wildman–Crippen LogP) is 1.29. The van der Waals surface area contributed by atoms with Gasteiger partial charge in [0.25, 0.3) is 0 Å². The second-order valence-electron chi connectivity index (χ2n) is 3.73. The number of sulfonamides is 1. The molecular formula is C10H8Cl2FNO6S. The molecule has 0 aliphatic rings. The van der Waals surface area contributed by atoms with Gasteiger partial charge in [0.1, 0.15) is 18.0 Å². The van der Waals surface area contributed by atoms with Crippen LogP contribution in [0.1, 0.15) is 0 Å². The first-order chi connectivity index (χ1) is 9.57. The molecule has 0 aliphatic carbocycles. The fourth-order valence-electron chi connectivity index (χ4n) is 1.37. The third-order valence-corrected chi connectivity index (χ3v) is 4.85. The van der Waals surface area contributed by atoms with E-state index in [0.717, 1.165) is 12.1 Å². The molecule has 1 rings (SSSR count). The molecule has 0 heterocycles. The van der Waals surface area contributed by atoms with Gasteiger partial charge in [0.15, 0.2) is 5.82 Å². The normalized spacial score (nSPS) is 11.6. The van der Waals surface area contributed by atoms with E-state index in [2.05, 4.69) is 0 Å². The van der Waals surface area contributed by atoms with Crippen molar-refractivity contribution < 1.29 is 32.6 Å². The number of benzene rings is 1. The van der Waals surface area contributed by atoms with Crippen LogP contribution in [0.15, 0.2) is 17.0 Å². The Morgan fingerprint density at radius 1 is 1.14 bits per heavy atom. The Balaban J connectivity index is 3.38. The van der Waals surface area contributed by atoms with Crippen LogP contribution < -0.4 is 0 Å². The summed E-state index contributed by atoms with van der Waals surface area (Å²) < 4.78 is 38.1. The van der Waals surface area contributed by atoms with E-state index in [1.54, 1.807) is 0 Å². The van der Waals surface area contributed by atoms with E-state index in [9.17, 15) is 22.4 Å². The first-order valence-electron chi connectivity index (χ1n) is 5.14. The Bertz CT molecular complexity index is 677. The lowest BCUT2D eigenvalue weighted by molar-refractivity contribution is -0.139. The summed E-state index contributed by atoms with van der Waals surface area (Å²) >= 11 is 11.0. The first-order valence-corrected chi connectivity index (χ1v) is 7.34. The van der Waals surface area contributed by atoms with E-state index in [0.29, 0.717) is 0 Å². The zero-order valence-electron chi connectivity index (χ0n) is 10.1. The van der Waals surface area contributed by atoms with Crippen LogP contribution in [-0.2, 0) is 19.6 Å². The summed E-state index contributed by atoms with van der Waals surface area (Å²) in [7, 11) is -4.62. The fourth-order valence-corrected chi connectivity index (χ4v) is 3.43. The smallest absolute Gasteiger partial charge is 0.318 e. The average Bonchev–Trinajstić information content (AvgIpc) is 2.33. The fraction of sp³-hybridized carbons (Fsp3) is 0.200. The second-order valence-corrected chi connectivity index (χ2v) is 6.43. The molecule has 2 N–H and O–H groups in total. The van der Waals surface area contributed by atoms with Crippen LogP contribution in [-0.4, -0.2) is 48.0 Å². The molecule has 1 aromatic rings. The van der Waals surface area contributed by atoms with E-state index < -0.39 is 55.8 Å². The topological polar surface area (TPSA) is 112 Å². The lowest BCUT2D eigenvalue weighted by Crippen LogP contribution is -2.39. The molecule has 0 amide bonds. The van der Waals surface area contributed by atoms with Crippen molar-refractivity contribution in [3.63, 3.8) is 0 Å². The molecule has 0 unspecified atom stereocenters. The molecule has 0 spiro atoms. The van der Waals surface area contributed by atoms with Gasteiger partial charge >= 0.3 is 11.9 Å². The maximum Gasteiger partial charge on any atom is 0.318 e. The van der Waals surface area contributed by atoms with Crippen LogP contribution in [0.2, 0.25) is 10.0 Å². The minimum atomic E-state index is -4.62. The number of hydrogen-bond acceptors (Lipinski definition) is 4. The van der Waals surface area contributed by atoms with Gasteiger partial charge in [-0.05, 0) is 12.1 Å². The molecule has 0 saturated heterocycles. The van der Waals surface area contributed by atoms with Crippen molar-refractivity contribution in [2.24, 2.45) is 0 Å². The molecule has 21 heavy (non-hydrogen) atoms. The number of carbonyl (C=O) groups is 2. The molecule has 0 fully saturated rings. The Labute approximate surface area is 128 Å². The summed E-state index contributed by atoms with van der Waals surface area (Å²) in [6, 6.07) is 1.77. The van der Waals surface area contributed by atoms with Crippen molar-refractivity contribution >= 4 is 45.2 Å². The molecule has 0 bridgehead atoms. The predicted molar refractivity (Wildman–Crippen MR) is 70.5 cm³/mol. The van der Waals surface area contributed by atoms with Gasteiger partial charge < -0.3 is 10.2 Å². The maximum absolute atomic E-state index is 13.5. The van der Waals surface area contributed by atoms with Crippen molar-refractivity contribution in [1.29, 1.82) is 0 Å². The number of rotatable bonds is 6. The highest BCUT2D eigenvalue weighted by Crippen LogP contribution is 2.31. The van der Waals surface area contributed by atoms with Crippen molar-refractivity contribution in [3.8, 4) is 0 Å². The van der Waals surface area contributed by atoms with Gasteiger partial charge in [-0.2, -0.15) is 4.31 Å². The van der Waals surface area contributed by atoms with Crippen molar-refractivity contribution in [2.75, 3.05) is 13.1 Å². The summed E-state index contributed by atoms with van der Waals surface area (Å²) in [5, 5.41) is 16.0. The third-order valence-electron chi connectivity index (χ3n) is 2.24. The van der Waals surface area contributed by atoms with Crippen molar-refractivity contribution in [1.82, 2.24) is 4.31 Å². The lowest BCUT2D eigenvalue weighted by Gasteiger charge is -2.19. The molecule has 0 atom stereocenters. The van der Waals surface area contributed by atoms with Crippen molar-refractivity contribution in [3.05, 3.63) is 28.0 Å². The molecule has 7 nitrogen and oxygen atoms in total. The highest BCUT2D eigenvalue weighted by Gasteiger charge is 2.31. The van der Waals surface area contributed by atoms with Gasteiger partial charge in [-0.1, -0.05) is 23.2 Å². The van der Waals surface area contributed by atoms with E-state index in [1.807, 2.05) is 0 Å². The Kier molecular flexibility index (Phi) is 5.51. The molecule has 0 aliphatic heterocycles. The van der Waals surface area contributed by atoms with Crippen molar-refractivity contribution in [2.45, 2.75) is 4.90 Å². The number of halogens is 3. The molecule has 0 radical (unpaired) electrons. The lowest BCUT2D eigenvalue weighted by atomic mass is 10.3. The van der Waals surface area contributed by atoms with Gasteiger partial charge in [0, 0.05) is 0 Å². The minimum Gasteiger partial charge on any atom is -0.480 e. The van der Waals surface area contributed by atoms with Gasteiger partial charge in [0.2, 0.25) is 10.0 Å². The SMILES string of the molecule is O=C(O)CN(CC(=O)O)S(=O)(=O)c1ccc(Cl)c(F)c1Cl. The molecular weight excluding hydrogens is 352 g/mol. The zero-order chi connectivity index (χ0) is 16.4. The molecule has 0 aromatic heterocycles. The quantitative estimate of drug-likeness (QED) is 0.740. The maximum atomic E-state index is 13.5. The highest BCUT2D eigenvalue weighted by atomic mass is 35.5. The van der Waals surface area contributed by atoms with Gasteiger partial charge in [-0.25, -0.2) is 12.8 Å². The molecule has 116 valence electrons.